The van der Waals surface area contributed by atoms with Crippen LogP contribution in [-0.2, 0) is 0 Å². The van der Waals surface area contributed by atoms with E-state index in [1.807, 2.05) is 12.1 Å². The number of ether oxygens (including phenoxy) is 1. The summed E-state index contributed by atoms with van der Waals surface area (Å²) in [7, 11) is 0. The molecule has 0 aromatic heterocycles. The standard InChI is InChI=1S/C17H26N2O/c1-14-4-2-6-17(12-14)20-11-8-18-15-7-10-19-9-3-5-16(19)13-15/h2,4,6,12,15-16,18H,3,5,7-11,13H2,1H3. The molecule has 2 saturated heterocycles. The highest BCUT2D eigenvalue weighted by Crippen LogP contribution is 2.26. The summed E-state index contributed by atoms with van der Waals surface area (Å²) in [4.78, 5) is 2.67. The van der Waals surface area contributed by atoms with Crippen LogP contribution in [0.2, 0.25) is 0 Å². The Bertz CT molecular complexity index is 435. The summed E-state index contributed by atoms with van der Waals surface area (Å²) in [6.07, 6.45) is 5.41. The van der Waals surface area contributed by atoms with Crippen LogP contribution in [0.25, 0.3) is 0 Å². The van der Waals surface area contributed by atoms with Crippen molar-refractivity contribution in [3.63, 3.8) is 0 Å². The predicted molar refractivity (Wildman–Crippen MR) is 82.3 cm³/mol. The van der Waals surface area contributed by atoms with Gasteiger partial charge in [-0.25, -0.2) is 0 Å². The molecule has 0 saturated carbocycles. The molecule has 2 unspecified atom stereocenters. The number of aryl methyl sites for hydroxylation is 1. The second-order valence-electron chi connectivity index (χ2n) is 6.17. The lowest BCUT2D eigenvalue weighted by Gasteiger charge is -2.35. The SMILES string of the molecule is Cc1cccc(OCCNC2CCN3CCCC3C2)c1. The molecule has 3 rings (SSSR count). The van der Waals surface area contributed by atoms with Crippen molar-refractivity contribution < 1.29 is 4.74 Å². The van der Waals surface area contributed by atoms with Gasteiger partial charge in [-0.05, 0) is 63.4 Å². The van der Waals surface area contributed by atoms with Crippen LogP contribution in [0, 0.1) is 6.92 Å². The third kappa shape index (κ3) is 3.53. The Morgan fingerprint density at radius 2 is 2.25 bits per heavy atom. The Morgan fingerprint density at radius 1 is 1.30 bits per heavy atom. The molecule has 0 spiro atoms. The van der Waals surface area contributed by atoms with Crippen molar-refractivity contribution in [1.82, 2.24) is 10.2 Å². The normalized spacial score (nSPS) is 26.4. The maximum Gasteiger partial charge on any atom is 0.119 e. The molecule has 3 heteroatoms. The van der Waals surface area contributed by atoms with E-state index in [0.29, 0.717) is 6.04 Å². The average molecular weight is 274 g/mol. The number of hydrogen-bond acceptors (Lipinski definition) is 3. The fraction of sp³-hybridized carbons (Fsp3) is 0.647. The first kappa shape index (κ1) is 13.9. The topological polar surface area (TPSA) is 24.5 Å². The molecule has 0 radical (unpaired) electrons. The first-order valence-electron chi connectivity index (χ1n) is 7.98. The Labute approximate surface area is 122 Å². The van der Waals surface area contributed by atoms with Crippen LogP contribution in [0.3, 0.4) is 0 Å². The molecule has 1 aromatic carbocycles. The molecule has 0 amide bonds. The fourth-order valence-corrected chi connectivity index (χ4v) is 3.55. The number of nitrogens with one attached hydrogen (secondary N) is 1. The van der Waals surface area contributed by atoms with Gasteiger partial charge >= 0.3 is 0 Å². The molecule has 20 heavy (non-hydrogen) atoms. The zero-order valence-corrected chi connectivity index (χ0v) is 12.5. The molecule has 2 aliphatic rings. The van der Waals surface area contributed by atoms with Gasteiger partial charge in [0.05, 0.1) is 0 Å². The van der Waals surface area contributed by atoms with Crippen molar-refractivity contribution >= 4 is 0 Å². The van der Waals surface area contributed by atoms with Crippen molar-refractivity contribution in [3.05, 3.63) is 29.8 Å². The zero-order valence-electron chi connectivity index (χ0n) is 12.5. The van der Waals surface area contributed by atoms with Crippen LogP contribution < -0.4 is 10.1 Å². The average Bonchev–Trinajstić information content (AvgIpc) is 2.91. The van der Waals surface area contributed by atoms with E-state index in [-0.39, 0.29) is 0 Å². The van der Waals surface area contributed by atoms with Gasteiger partial charge in [0, 0.05) is 18.6 Å². The number of rotatable bonds is 5. The molecule has 2 heterocycles. The Hall–Kier alpha value is -1.06. The Kier molecular flexibility index (Phi) is 4.58. The van der Waals surface area contributed by atoms with E-state index in [1.54, 1.807) is 0 Å². The summed E-state index contributed by atoms with van der Waals surface area (Å²) in [6.45, 7) is 6.41. The minimum absolute atomic E-state index is 0.690. The van der Waals surface area contributed by atoms with Gasteiger partial charge in [0.1, 0.15) is 12.4 Å². The largest absolute Gasteiger partial charge is 0.492 e. The van der Waals surface area contributed by atoms with Crippen LogP contribution in [0.15, 0.2) is 24.3 Å². The summed E-state index contributed by atoms with van der Waals surface area (Å²) in [6, 6.07) is 9.81. The van der Waals surface area contributed by atoms with Crippen LogP contribution in [0.4, 0.5) is 0 Å². The van der Waals surface area contributed by atoms with E-state index in [2.05, 4.69) is 29.3 Å². The quantitative estimate of drug-likeness (QED) is 0.835. The van der Waals surface area contributed by atoms with E-state index in [0.717, 1.165) is 24.9 Å². The maximum absolute atomic E-state index is 5.79. The van der Waals surface area contributed by atoms with E-state index in [9.17, 15) is 0 Å². The molecule has 1 N–H and O–H groups in total. The van der Waals surface area contributed by atoms with E-state index >= 15 is 0 Å². The van der Waals surface area contributed by atoms with Gasteiger partial charge in [-0.1, -0.05) is 12.1 Å². The maximum atomic E-state index is 5.79. The van der Waals surface area contributed by atoms with Gasteiger partial charge in [0.2, 0.25) is 0 Å². The molecule has 3 nitrogen and oxygen atoms in total. The molecular formula is C17H26N2O. The molecule has 1 aromatic rings. The fourth-order valence-electron chi connectivity index (χ4n) is 3.55. The summed E-state index contributed by atoms with van der Waals surface area (Å²) in [5.41, 5.74) is 1.25. The highest BCUT2D eigenvalue weighted by atomic mass is 16.5. The lowest BCUT2D eigenvalue weighted by molar-refractivity contribution is 0.163. The summed E-state index contributed by atoms with van der Waals surface area (Å²) in [5, 5.41) is 3.67. The van der Waals surface area contributed by atoms with E-state index < -0.39 is 0 Å². The van der Waals surface area contributed by atoms with Crippen LogP contribution in [-0.4, -0.2) is 43.2 Å². The highest BCUT2D eigenvalue weighted by Gasteiger charge is 2.31. The van der Waals surface area contributed by atoms with Gasteiger partial charge < -0.3 is 15.0 Å². The second-order valence-corrected chi connectivity index (χ2v) is 6.17. The third-order valence-corrected chi connectivity index (χ3v) is 4.61. The second kappa shape index (κ2) is 6.59. The zero-order chi connectivity index (χ0) is 13.8. The summed E-state index contributed by atoms with van der Waals surface area (Å²) in [5.74, 6) is 0.984. The van der Waals surface area contributed by atoms with Crippen molar-refractivity contribution in [3.8, 4) is 5.75 Å². The Morgan fingerprint density at radius 3 is 3.15 bits per heavy atom. The molecular weight excluding hydrogens is 248 g/mol. The number of hydrogen-bond donors (Lipinski definition) is 1. The number of benzene rings is 1. The predicted octanol–water partition coefficient (Wildman–Crippen LogP) is 2.59. The van der Waals surface area contributed by atoms with Gasteiger partial charge in [-0.3, -0.25) is 0 Å². The first-order valence-corrected chi connectivity index (χ1v) is 7.98. The van der Waals surface area contributed by atoms with E-state index in [4.69, 9.17) is 4.74 Å². The monoisotopic (exact) mass is 274 g/mol. The van der Waals surface area contributed by atoms with Gasteiger partial charge in [-0.2, -0.15) is 0 Å². The van der Waals surface area contributed by atoms with Crippen LogP contribution in [0.5, 0.6) is 5.75 Å². The molecule has 2 atom stereocenters. The summed E-state index contributed by atoms with van der Waals surface area (Å²) < 4.78 is 5.79. The van der Waals surface area contributed by atoms with Gasteiger partial charge in [0.25, 0.3) is 0 Å². The van der Waals surface area contributed by atoms with E-state index in [1.165, 1.54) is 44.3 Å². The molecule has 2 aliphatic heterocycles. The number of piperidine rings is 1. The van der Waals surface area contributed by atoms with Crippen molar-refractivity contribution in [2.75, 3.05) is 26.2 Å². The van der Waals surface area contributed by atoms with Crippen molar-refractivity contribution in [1.29, 1.82) is 0 Å². The molecule has 110 valence electrons. The van der Waals surface area contributed by atoms with Gasteiger partial charge in [-0.15, -0.1) is 0 Å². The lowest BCUT2D eigenvalue weighted by Crippen LogP contribution is -2.46. The van der Waals surface area contributed by atoms with Crippen LogP contribution in [0.1, 0.15) is 31.2 Å². The number of nitrogens with zero attached hydrogens (tertiary/aromatic N) is 1. The summed E-state index contributed by atoms with van der Waals surface area (Å²) >= 11 is 0. The molecule has 0 bridgehead atoms. The first-order chi connectivity index (χ1) is 9.81. The molecule has 2 fully saturated rings. The minimum Gasteiger partial charge on any atom is -0.492 e. The molecule has 0 aliphatic carbocycles. The minimum atomic E-state index is 0.690. The van der Waals surface area contributed by atoms with Crippen molar-refractivity contribution in [2.24, 2.45) is 0 Å². The van der Waals surface area contributed by atoms with Crippen molar-refractivity contribution in [2.45, 2.75) is 44.7 Å². The van der Waals surface area contributed by atoms with Crippen LogP contribution >= 0.6 is 0 Å². The number of fused-ring (bicyclic) bond motifs is 1. The highest BCUT2D eigenvalue weighted by molar-refractivity contribution is 5.27. The van der Waals surface area contributed by atoms with Gasteiger partial charge in [0.15, 0.2) is 0 Å². The smallest absolute Gasteiger partial charge is 0.119 e. The third-order valence-electron chi connectivity index (χ3n) is 4.61. The Balaban J connectivity index is 1.36. The lowest BCUT2D eigenvalue weighted by atomic mass is 9.98.